The molecule has 0 saturated carbocycles. The number of amides is 1. The van der Waals surface area contributed by atoms with E-state index in [2.05, 4.69) is 10.6 Å². The van der Waals surface area contributed by atoms with Crippen LogP contribution >= 0.6 is 0 Å². The minimum Gasteiger partial charge on any atom is -0.478 e. The second-order valence-corrected chi connectivity index (χ2v) is 3.32. The number of nitrogens with one attached hydrogen (secondary N) is 2. The molecule has 0 saturated heterocycles. The second-order valence-electron chi connectivity index (χ2n) is 3.32. The van der Waals surface area contributed by atoms with Crippen LogP contribution in [0.3, 0.4) is 0 Å². The minimum atomic E-state index is -0.994. The number of hydrogen-bond donors (Lipinski definition) is 3. The first-order valence-electron chi connectivity index (χ1n) is 4.76. The Morgan fingerprint density at radius 3 is 2.80 bits per heavy atom. The third kappa shape index (κ3) is 3.12. The van der Waals surface area contributed by atoms with E-state index < -0.39 is 5.97 Å². The van der Waals surface area contributed by atoms with Crippen LogP contribution in [0.2, 0.25) is 0 Å². The van der Waals surface area contributed by atoms with Crippen LogP contribution in [-0.4, -0.2) is 23.0 Å². The number of carbonyl (C=O) groups is 2. The van der Waals surface area contributed by atoms with E-state index in [1.165, 1.54) is 6.08 Å². The average Bonchev–Trinajstić information content (AvgIpc) is 2.16. The zero-order valence-corrected chi connectivity index (χ0v) is 8.70. The molecule has 0 radical (unpaired) electrons. The largest absolute Gasteiger partial charge is 0.478 e. The third-order valence-corrected chi connectivity index (χ3v) is 1.95. The molecule has 1 aliphatic heterocycles. The van der Waals surface area contributed by atoms with E-state index in [1.54, 1.807) is 13.0 Å². The van der Waals surface area contributed by atoms with Gasteiger partial charge in [-0.05, 0) is 19.1 Å². The first-order chi connectivity index (χ1) is 7.02. The lowest BCUT2D eigenvalue weighted by Gasteiger charge is -2.20. The first kappa shape index (κ1) is 11.3. The van der Waals surface area contributed by atoms with E-state index in [4.69, 9.17) is 5.11 Å². The Kier molecular flexibility index (Phi) is 3.49. The Balaban J connectivity index is 2.78. The topological polar surface area (TPSA) is 78.4 Å². The summed E-state index contributed by atoms with van der Waals surface area (Å²) < 4.78 is 0. The zero-order valence-electron chi connectivity index (χ0n) is 8.70. The van der Waals surface area contributed by atoms with Crippen molar-refractivity contribution in [3.05, 3.63) is 23.5 Å². The fourth-order valence-corrected chi connectivity index (χ4v) is 1.25. The molecule has 1 atom stereocenters. The van der Waals surface area contributed by atoms with Gasteiger partial charge in [0.2, 0.25) is 5.91 Å². The van der Waals surface area contributed by atoms with E-state index in [-0.39, 0.29) is 17.5 Å². The molecule has 1 unspecified atom stereocenters. The Hall–Kier alpha value is -1.78. The van der Waals surface area contributed by atoms with Gasteiger partial charge < -0.3 is 15.7 Å². The highest BCUT2D eigenvalue weighted by Crippen LogP contribution is 2.08. The highest BCUT2D eigenvalue weighted by atomic mass is 16.4. The molecule has 0 spiro atoms. The van der Waals surface area contributed by atoms with Gasteiger partial charge in [-0.2, -0.15) is 0 Å². The van der Waals surface area contributed by atoms with Crippen molar-refractivity contribution in [3.8, 4) is 0 Å². The summed E-state index contributed by atoms with van der Waals surface area (Å²) in [6.07, 6.45) is 3.36. The highest BCUT2D eigenvalue weighted by molar-refractivity contribution is 5.90. The smallest absolute Gasteiger partial charge is 0.335 e. The molecule has 0 aromatic heterocycles. The van der Waals surface area contributed by atoms with Crippen molar-refractivity contribution in [2.45, 2.75) is 26.3 Å². The predicted molar refractivity (Wildman–Crippen MR) is 54.8 cm³/mol. The van der Waals surface area contributed by atoms with Crippen LogP contribution in [0.25, 0.3) is 0 Å². The molecule has 1 aliphatic rings. The summed E-state index contributed by atoms with van der Waals surface area (Å²) >= 11 is 0. The van der Waals surface area contributed by atoms with Crippen LogP contribution in [0.15, 0.2) is 23.5 Å². The van der Waals surface area contributed by atoms with Crippen LogP contribution in [-0.2, 0) is 9.59 Å². The van der Waals surface area contributed by atoms with Gasteiger partial charge in [0, 0.05) is 12.5 Å². The summed E-state index contributed by atoms with van der Waals surface area (Å²) in [4.78, 5) is 21.9. The van der Waals surface area contributed by atoms with E-state index in [0.717, 1.165) is 0 Å². The molecule has 1 heterocycles. The Bertz CT molecular complexity index is 345. The highest BCUT2D eigenvalue weighted by Gasteiger charge is 2.15. The van der Waals surface area contributed by atoms with Crippen LogP contribution in [0.4, 0.5) is 0 Å². The lowest BCUT2D eigenvalue weighted by Crippen LogP contribution is -2.37. The van der Waals surface area contributed by atoms with Crippen molar-refractivity contribution in [2.24, 2.45) is 0 Å². The number of dihydropyridines is 1. The molecule has 0 aromatic rings. The summed E-state index contributed by atoms with van der Waals surface area (Å²) in [6.45, 7) is 3.55. The Labute approximate surface area is 87.9 Å². The van der Waals surface area contributed by atoms with Gasteiger partial charge in [0.05, 0.1) is 5.57 Å². The summed E-state index contributed by atoms with van der Waals surface area (Å²) in [5.41, 5.74) is 0.188. The zero-order chi connectivity index (χ0) is 11.4. The van der Waals surface area contributed by atoms with Gasteiger partial charge in [-0.15, -0.1) is 0 Å². The lowest BCUT2D eigenvalue weighted by atomic mass is 10.1. The molecule has 0 aromatic carbocycles. The van der Waals surface area contributed by atoms with Crippen LogP contribution in [0.1, 0.15) is 20.3 Å². The number of carboxylic acids is 1. The van der Waals surface area contributed by atoms with Crippen molar-refractivity contribution in [3.63, 3.8) is 0 Å². The Morgan fingerprint density at radius 2 is 2.27 bits per heavy atom. The van der Waals surface area contributed by atoms with E-state index in [9.17, 15) is 9.59 Å². The molecule has 5 nitrogen and oxygen atoms in total. The van der Waals surface area contributed by atoms with Crippen LogP contribution < -0.4 is 10.6 Å². The van der Waals surface area contributed by atoms with Crippen molar-refractivity contribution >= 4 is 11.9 Å². The molecular weight excluding hydrogens is 196 g/mol. The van der Waals surface area contributed by atoms with Gasteiger partial charge in [0.25, 0.3) is 0 Å². The average molecular weight is 210 g/mol. The van der Waals surface area contributed by atoms with Gasteiger partial charge in [-0.3, -0.25) is 4.79 Å². The Morgan fingerprint density at radius 1 is 1.60 bits per heavy atom. The molecule has 1 rings (SSSR count). The molecule has 0 fully saturated rings. The summed E-state index contributed by atoms with van der Waals surface area (Å²) in [7, 11) is 0. The quantitative estimate of drug-likeness (QED) is 0.628. The van der Waals surface area contributed by atoms with Crippen molar-refractivity contribution in [1.82, 2.24) is 10.6 Å². The summed E-state index contributed by atoms with van der Waals surface area (Å²) in [6, 6.07) is -0.103. The second kappa shape index (κ2) is 4.63. The molecular formula is C10H14N2O3. The van der Waals surface area contributed by atoms with Crippen molar-refractivity contribution in [1.29, 1.82) is 0 Å². The van der Waals surface area contributed by atoms with Gasteiger partial charge in [0.15, 0.2) is 0 Å². The molecule has 82 valence electrons. The third-order valence-electron chi connectivity index (χ3n) is 1.95. The number of carbonyl (C=O) groups excluding carboxylic acids is 1. The van der Waals surface area contributed by atoms with Gasteiger partial charge >= 0.3 is 5.97 Å². The molecule has 3 N–H and O–H groups in total. The monoisotopic (exact) mass is 210 g/mol. The van der Waals surface area contributed by atoms with Gasteiger partial charge in [-0.25, -0.2) is 4.79 Å². The predicted octanol–water partition coefficient (Wildman–Crippen LogP) is 0.357. The maximum absolute atomic E-state index is 11.1. The molecule has 1 amide bonds. The molecule has 0 bridgehead atoms. The molecule has 15 heavy (non-hydrogen) atoms. The van der Waals surface area contributed by atoms with E-state index in [0.29, 0.717) is 12.2 Å². The maximum Gasteiger partial charge on any atom is 0.335 e. The normalized spacial score (nSPS) is 19.7. The summed E-state index contributed by atoms with van der Waals surface area (Å²) in [5, 5.41) is 14.4. The van der Waals surface area contributed by atoms with Gasteiger partial charge in [-0.1, -0.05) is 6.92 Å². The number of aliphatic carboxylic acids is 1. The SMILES string of the molecule is CCC(=O)NC1=CC(C(=O)O)=CC(C)N1. The molecule has 0 aliphatic carbocycles. The fourth-order valence-electron chi connectivity index (χ4n) is 1.25. The molecule has 5 heteroatoms. The first-order valence-corrected chi connectivity index (χ1v) is 4.76. The standard InChI is InChI=1S/C10H14N2O3/c1-3-9(13)12-8-5-7(10(14)15)4-6(2)11-8/h4-6,11H,3H2,1-2H3,(H,12,13)(H,14,15). The lowest BCUT2D eigenvalue weighted by molar-refractivity contribution is -0.132. The van der Waals surface area contributed by atoms with Crippen LogP contribution in [0.5, 0.6) is 0 Å². The van der Waals surface area contributed by atoms with E-state index >= 15 is 0 Å². The van der Waals surface area contributed by atoms with Gasteiger partial charge in [0.1, 0.15) is 5.82 Å². The van der Waals surface area contributed by atoms with Crippen molar-refractivity contribution < 1.29 is 14.7 Å². The summed E-state index contributed by atoms with van der Waals surface area (Å²) in [5.74, 6) is -0.701. The number of carboxylic acid groups (broad SMARTS) is 1. The van der Waals surface area contributed by atoms with E-state index in [1.807, 2.05) is 6.92 Å². The number of rotatable bonds is 3. The maximum atomic E-state index is 11.1. The van der Waals surface area contributed by atoms with Crippen molar-refractivity contribution in [2.75, 3.05) is 0 Å². The fraction of sp³-hybridized carbons (Fsp3) is 0.400. The number of hydrogen-bond acceptors (Lipinski definition) is 3. The van der Waals surface area contributed by atoms with Crippen LogP contribution in [0, 0.1) is 0 Å². The minimum absolute atomic E-state index is 0.103.